The third kappa shape index (κ3) is 8.29. The summed E-state index contributed by atoms with van der Waals surface area (Å²) >= 11 is 0. The number of aliphatic imine (C=N–C) groups is 1. The molecule has 0 saturated carbocycles. The van der Waals surface area contributed by atoms with Crippen LogP contribution in [0, 0.1) is 0 Å². The lowest BCUT2D eigenvalue weighted by Gasteiger charge is -2.41. The average molecular weight is 537 g/mol. The molecule has 1 fully saturated rings. The van der Waals surface area contributed by atoms with E-state index in [0.29, 0.717) is 13.2 Å². The molecule has 2 heterocycles. The minimum atomic E-state index is 0. The van der Waals surface area contributed by atoms with Gasteiger partial charge in [-0.2, -0.15) is 0 Å². The predicted molar refractivity (Wildman–Crippen MR) is 138 cm³/mol. The molecule has 1 aliphatic rings. The molecule has 0 unspecified atom stereocenters. The first kappa shape index (κ1) is 25.4. The first-order valence-electron chi connectivity index (χ1n) is 10.9. The second kappa shape index (κ2) is 12.9. The Hall–Kier alpha value is -1.87. The summed E-state index contributed by atoms with van der Waals surface area (Å²) in [7, 11) is 1.82. The summed E-state index contributed by atoms with van der Waals surface area (Å²) in [5.74, 6) is 1.66. The van der Waals surface area contributed by atoms with Gasteiger partial charge in [0.15, 0.2) is 5.96 Å². The van der Waals surface area contributed by atoms with Crippen LogP contribution in [-0.4, -0.2) is 48.1 Å². The van der Waals surface area contributed by atoms with Crippen molar-refractivity contribution in [2.24, 2.45) is 4.99 Å². The zero-order valence-corrected chi connectivity index (χ0v) is 21.3. The number of benzene rings is 1. The molecule has 0 amide bonds. The number of nitrogens with zero attached hydrogens (tertiary/aromatic N) is 3. The second-order valence-electron chi connectivity index (χ2n) is 8.40. The quantitative estimate of drug-likeness (QED) is 0.300. The number of nitrogens with one attached hydrogen (secondary N) is 2. The molecule has 3 rings (SSSR count). The minimum absolute atomic E-state index is 0. The van der Waals surface area contributed by atoms with Crippen LogP contribution in [0.2, 0.25) is 0 Å². The van der Waals surface area contributed by atoms with Crippen molar-refractivity contribution in [1.82, 2.24) is 20.5 Å². The largest absolute Gasteiger partial charge is 0.487 e. The summed E-state index contributed by atoms with van der Waals surface area (Å²) in [4.78, 5) is 11.3. The lowest BCUT2D eigenvalue weighted by Crippen LogP contribution is -2.54. The van der Waals surface area contributed by atoms with Crippen molar-refractivity contribution in [2.45, 2.75) is 51.8 Å². The number of aromatic nitrogens is 1. The molecule has 1 aromatic carbocycles. The van der Waals surface area contributed by atoms with Crippen LogP contribution in [-0.2, 0) is 13.2 Å². The van der Waals surface area contributed by atoms with Gasteiger partial charge in [0, 0.05) is 31.9 Å². The minimum Gasteiger partial charge on any atom is -0.487 e. The van der Waals surface area contributed by atoms with Gasteiger partial charge in [-0.25, -0.2) is 0 Å². The maximum atomic E-state index is 5.88. The van der Waals surface area contributed by atoms with Gasteiger partial charge in [0.1, 0.15) is 12.4 Å². The molecule has 1 aliphatic heterocycles. The van der Waals surface area contributed by atoms with E-state index in [0.717, 1.165) is 29.5 Å². The summed E-state index contributed by atoms with van der Waals surface area (Å²) in [6.45, 7) is 9.00. The fraction of sp³-hybridized carbons (Fsp3) is 0.500. The Morgan fingerprint density at radius 2 is 1.90 bits per heavy atom. The maximum Gasteiger partial charge on any atom is 0.191 e. The summed E-state index contributed by atoms with van der Waals surface area (Å²) in [5, 5.41) is 6.91. The van der Waals surface area contributed by atoms with E-state index in [2.05, 4.69) is 51.5 Å². The molecule has 0 bridgehead atoms. The van der Waals surface area contributed by atoms with Gasteiger partial charge in [-0.3, -0.25) is 14.9 Å². The second-order valence-corrected chi connectivity index (χ2v) is 8.40. The van der Waals surface area contributed by atoms with E-state index in [1.807, 2.05) is 37.4 Å². The van der Waals surface area contributed by atoms with Crippen LogP contribution in [0.4, 0.5) is 0 Å². The van der Waals surface area contributed by atoms with E-state index in [4.69, 9.17) is 4.74 Å². The molecule has 7 heteroatoms. The standard InChI is InChI=1S/C24H35N5O.HI/c1-24(2,29-14-7-4-8-15-29)19-28-23(25-3)27-17-20-10-9-12-22(16-20)30-18-21-11-5-6-13-26-21;/h5-6,9-13,16H,4,7-8,14-15,17-19H2,1-3H3,(H2,25,27,28);1H. The third-order valence-electron chi connectivity index (χ3n) is 5.60. The van der Waals surface area contributed by atoms with E-state index in [9.17, 15) is 0 Å². The smallest absolute Gasteiger partial charge is 0.191 e. The monoisotopic (exact) mass is 537 g/mol. The first-order chi connectivity index (χ1) is 14.6. The lowest BCUT2D eigenvalue weighted by atomic mass is 9.98. The SMILES string of the molecule is CN=C(NCc1cccc(OCc2ccccn2)c1)NCC(C)(C)N1CCCCC1.I. The van der Waals surface area contributed by atoms with Crippen molar-refractivity contribution >= 4 is 29.9 Å². The average Bonchev–Trinajstić information content (AvgIpc) is 2.79. The number of guanidine groups is 1. The molecule has 1 saturated heterocycles. The molecule has 31 heavy (non-hydrogen) atoms. The van der Waals surface area contributed by atoms with Crippen molar-refractivity contribution in [3.63, 3.8) is 0 Å². The number of piperidine rings is 1. The number of halogens is 1. The summed E-state index contributed by atoms with van der Waals surface area (Å²) in [5.41, 5.74) is 2.17. The van der Waals surface area contributed by atoms with Gasteiger partial charge in [-0.15, -0.1) is 24.0 Å². The van der Waals surface area contributed by atoms with Gasteiger partial charge >= 0.3 is 0 Å². The number of rotatable bonds is 8. The van der Waals surface area contributed by atoms with Crippen LogP contribution >= 0.6 is 24.0 Å². The summed E-state index contributed by atoms with van der Waals surface area (Å²) in [6.07, 6.45) is 5.74. The summed E-state index contributed by atoms with van der Waals surface area (Å²) in [6, 6.07) is 14.0. The molecule has 0 radical (unpaired) electrons. The van der Waals surface area contributed by atoms with Gasteiger partial charge in [0.05, 0.1) is 5.69 Å². The molecular weight excluding hydrogens is 501 g/mol. The third-order valence-corrected chi connectivity index (χ3v) is 5.60. The number of likely N-dealkylation sites (tertiary alicyclic amines) is 1. The zero-order chi connectivity index (χ0) is 21.2. The molecule has 1 aromatic heterocycles. The van der Waals surface area contributed by atoms with Crippen molar-refractivity contribution in [2.75, 3.05) is 26.7 Å². The van der Waals surface area contributed by atoms with Crippen molar-refractivity contribution in [3.05, 3.63) is 59.9 Å². The Morgan fingerprint density at radius 3 is 2.61 bits per heavy atom. The number of pyridine rings is 1. The topological polar surface area (TPSA) is 61.8 Å². The Labute approximate surface area is 203 Å². The fourth-order valence-corrected chi connectivity index (χ4v) is 3.70. The Bertz CT molecular complexity index is 807. The molecule has 2 N–H and O–H groups in total. The van der Waals surface area contributed by atoms with Crippen molar-refractivity contribution < 1.29 is 4.74 Å². The molecule has 0 aliphatic carbocycles. The van der Waals surface area contributed by atoms with Crippen LogP contribution in [0.15, 0.2) is 53.7 Å². The van der Waals surface area contributed by atoms with Crippen LogP contribution in [0.5, 0.6) is 5.75 Å². The molecule has 0 atom stereocenters. The van der Waals surface area contributed by atoms with E-state index >= 15 is 0 Å². The van der Waals surface area contributed by atoms with Crippen molar-refractivity contribution in [1.29, 1.82) is 0 Å². The molecule has 2 aromatic rings. The first-order valence-corrected chi connectivity index (χ1v) is 10.9. The predicted octanol–water partition coefficient (Wildman–Crippen LogP) is 4.21. The molecule has 170 valence electrons. The van der Waals surface area contributed by atoms with E-state index < -0.39 is 0 Å². The number of hydrogen-bond donors (Lipinski definition) is 2. The van der Waals surface area contributed by atoms with Gasteiger partial charge < -0.3 is 15.4 Å². The maximum absolute atomic E-state index is 5.88. The molecular formula is C24H36IN5O. The normalized spacial score (nSPS) is 15.1. The van der Waals surface area contributed by atoms with E-state index in [1.165, 1.54) is 32.4 Å². The highest BCUT2D eigenvalue weighted by Gasteiger charge is 2.27. The van der Waals surface area contributed by atoms with Crippen LogP contribution in [0.3, 0.4) is 0 Å². The zero-order valence-electron chi connectivity index (χ0n) is 18.9. The van der Waals surface area contributed by atoms with E-state index in [-0.39, 0.29) is 29.5 Å². The Kier molecular flexibility index (Phi) is 10.5. The Morgan fingerprint density at radius 1 is 1.10 bits per heavy atom. The fourth-order valence-electron chi connectivity index (χ4n) is 3.70. The van der Waals surface area contributed by atoms with Crippen LogP contribution < -0.4 is 15.4 Å². The number of hydrogen-bond acceptors (Lipinski definition) is 4. The van der Waals surface area contributed by atoms with Crippen molar-refractivity contribution in [3.8, 4) is 5.75 Å². The highest BCUT2D eigenvalue weighted by molar-refractivity contribution is 14.0. The van der Waals surface area contributed by atoms with Gasteiger partial charge in [-0.1, -0.05) is 24.6 Å². The van der Waals surface area contributed by atoms with Gasteiger partial charge in [0.2, 0.25) is 0 Å². The van der Waals surface area contributed by atoms with Gasteiger partial charge in [0.25, 0.3) is 0 Å². The number of ether oxygens (including phenoxy) is 1. The van der Waals surface area contributed by atoms with Crippen LogP contribution in [0.25, 0.3) is 0 Å². The van der Waals surface area contributed by atoms with Crippen LogP contribution in [0.1, 0.15) is 44.4 Å². The summed E-state index contributed by atoms with van der Waals surface area (Å²) < 4.78 is 5.88. The molecule has 0 spiro atoms. The Balaban J connectivity index is 0.00000341. The highest BCUT2D eigenvalue weighted by Crippen LogP contribution is 2.20. The van der Waals surface area contributed by atoms with Gasteiger partial charge in [-0.05, 0) is 69.6 Å². The molecule has 6 nitrogen and oxygen atoms in total. The highest BCUT2D eigenvalue weighted by atomic mass is 127. The lowest BCUT2D eigenvalue weighted by molar-refractivity contribution is 0.0982. The van der Waals surface area contributed by atoms with E-state index in [1.54, 1.807) is 6.20 Å².